The number of rotatable bonds is 4. The van der Waals surface area contributed by atoms with E-state index < -0.39 is 6.43 Å². The van der Waals surface area contributed by atoms with E-state index in [0.717, 1.165) is 0 Å². The molecule has 0 saturated carbocycles. The van der Waals surface area contributed by atoms with E-state index in [2.05, 4.69) is 4.98 Å². The molecular weight excluding hydrogens is 216 g/mol. The van der Waals surface area contributed by atoms with Gasteiger partial charge in [-0.15, -0.1) is 0 Å². The predicted octanol–water partition coefficient (Wildman–Crippen LogP) is 1.55. The molecular formula is C10H11F2N3O. The summed E-state index contributed by atoms with van der Waals surface area (Å²) >= 11 is 0. The number of methoxy groups -OCH3 is 1. The van der Waals surface area contributed by atoms with Crippen LogP contribution in [0.5, 0.6) is 5.88 Å². The van der Waals surface area contributed by atoms with Crippen LogP contribution in [-0.2, 0) is 13.0 Å². The number of halogens is 2. The van der Waals surface area contributed by atoms with E-state index in [9.17, 15) is 8.78 Å². The van der Waals surface area contributed by atoms with Crippen LogP contribution < -0.4 is 10.5 Å². The number of nitrogens with two attached hydrogens (primary N) is 1. The number of alkyl halides is 2. The highest BCUT2D eigenvalue weighted by Gasteiger charge is 2.18. The molecule has 0 fully saturated rings. The van der Waals surface area contributed by atoms with Crippen LogP contribution in [0.2, 0.25) is 0 Å². The molecule has 1 rings (SSSR count). The Balaban J connectivity index is 3.32. The van der Waals surface area contributed by atoms with Crippen molar-refractivity contribution >= 4 is 0 Å². The van der Waals surface area contributed by atoms with Gasteiger partial charge in [-0.2, -0.15) is 5.26 Å². The lowest BCUT2D eigenvalue weighted by Gasteiger charge is -2.12. The second kappa shape index (κ2) is 5.37. The first-order valence-corrected chi connectivity index (χ1v) is 4.55. The molecule has 0 spiro atoms. The number of aromatic nitrogens is 1. The lowest BCUT2D eigenvalue weighted by Crippen LogP contribution is -2.08. The van der Waals surface area contributed by atoms with Gasteiger partial charge in [-0.25, -0.2) is 13.8 Å². The van der Waals surface area contributed by atoms with Crippen LogP contribution in [0, 0.1) is 11.3 Å². The molecule has 0 radical (unpaired) electrons. The van der Waals surface area contributed by atoms with E-state index in [-0.39, 0.29) is 35.7 Å². The Morgan fingerprint density at radius 1 is 1.62 bits per heavy atom. The van der Waals surface area contributed by atoms with Gasteiger partial charge in [-0.05, 0) is 6.07 Å². The van der Waals surface area contributed by atoms with Crippen molar-refractivity contribution in [2.45, 2.75) is 19.4 Å². The van der Waals surface area contributed by atoms with Gasteiger partial charge in [0.15, 0.2) is 0 Å². The fraction of sp³-hybridized carbons (Fsp3) is 0.400. The van der Waals surface area contributed by atoms with E-state index in [1.54, 1.807) is 0 Å². The minimum atomic E-state index is -2.66. The predicted molar refractivity (Wildman–Crippen MR) is 53.0 cm³/mol. The molecule has 6 heteroatoms. The van der Waals surface area contributed by atoms with Gasteiger partial charge in [-0.1, -0.05) is 0 Å². The maximum Gasteiger partial charge on any atom is 0.264 e. The summed E-state index contributed by atoms with van der Waals surface area (Å²) in [6, 6.07) is 3.04. The second-order valence-corrected chi connectivity index (χ2v) is 3.03. The summed E-state index contributed by atoms with van der Waals surface area (Å²) in [4.78, 5) is 3.94. The summed E-state index contributed by atoms with van der Waals surface area (Å²) < 4.78 is 30.3. The SMILES string of the molecule is COc1nc(CC#N)cc(C(F)F)c1CN. The highest BCUT2D eigenvalue weighted by molar-refractivity contribution is 5.38. The van der Waals surface area contributed by atoms with Crippen LogP contribution in [0.3, 0.4) is 0 Å². The minimum Gasteiger partial charge on any atom is -0.481 e. The molecule has 16 heavy (non-hydrogen) atoms. The standard InChI is InChI=1S/C10H11F2N3O/c1-16-10-8(5-14)7(9(11)12)4-6(15-10)2-3-13/h4,9H,2,5,14H2,1H3. The summed E-state index contributed by atoms with van der Waals surface area (Å²) in [5, 5.41) is 8.50. The first kappa shape index (κ1) is 12.3. The van der Waals surface area contributed by atoms with Crippen molar-refractivity contribution in [3.8, 4) is 11.9 Å². The largest absolute Gasteiger partial charge is 0.481 e. The van der Waals surface area contributed by atoms with Crippen LogP contribution in [0.4, 0.5) is 8.78 Å². The molecule has 4 nitrogen and oxygen atoms in total. The third kappa shape index (κ3) is 2.44. The average molecular weight is 227 g/mol. The van der Waals surface area contributed by atoms with Gasteiger partial charge in [0, 0.05) is 17.7 Å². The van der Waals surface area contributed by atoms with Gasteiger partial charge >= 0.3 is 0 Å². The third-order valence-corrected chi connectivity index (χ3v) is 2.07. The van der Waals surface area contributed by atoms with Crippen molar-refractivity contribution in [3.05, 3.63) is 22.9 Å². The Hall–Kier alpha value is -1.74. The summed E-state index contributed by atoms with van der Waals surface area (Å²) in [6.07, 6.45) is -2.70. The molecule has 0 unspecified atom stereocenters. The molecule has 0 saturated heterocycles. The van der Waals surface area contributed by atoms with Crippen molar-refractivity contribution in [1.29, 1.82) is 5.26 Å². The van der Waals surface area contributed by atoms with Crippen molar-refractivity contribution in [2.24, 2.45) is 5.73 Å². The van der Waals surface area contributed by atoms with Crippen molar-refractivity contribution in [1.82, 2.24) is 4.98 Å². The summed E-state index contributed by atoms with van der Waals surface area (Å²) in [6.45, 7) is -0.0807. The van der Waals surface area contributed by atoms with Crippen molar-refractivity contribution in [2.75, 3.05) is 7.11 Å². The van der Waals surface area contributed by atoms with E-state index >= 15 is 0 Å². The Morgan fingerprint density at radius 2 is 2.31 bits per heavy atom. The van der Waals surface area contributed by atoms with Crippen molar-refractivity contribution in [3.63, 3.8) is 0 Å². The molecule has 1 aromatic rings. The molecule has 1 aromatic heterocycles. The van der Waals surface area contributed by atoms with Crippen LogP contribution >= 0.6 is 0 Å². The smallest absolute Gasteiger partial charge is 0.264 e. The highest BCUT2D eigenvalue weighted by atomic mass is 19.3. The van der Waals surface area contributed by atoms with Crippen LogP contribution in [0.25, 0.3) is 0 Å². The number of hydrogen-bond acceptors (Lipinski definition) is 4. The molecule has 0 aliphatic carbocycles. The fourth-order valence-electron chi connectivity index (χ4n) is 1.36. The molecule has 2 N–H and O–H groups in total. The maximum absolute atomic E-state index is 12.7. The molecule has 0 aliphatic rings. The Morgan fingerprint density at radius 3 is 2.75 bits per heavy atom. The molecule has 1 heterocycles. The maximum atomic E-state index is 12.7. The molecule has 0 atom stereocenters. The number of nitriles is 1. The zero-order valence-electron chi connectivity index (χ0n) is 8.70. The van der Waals surface area contributed by atoms with Crippen LogP contribution in [-0.4, -0.2) is 12.1 Å². The number of ether oxygens (including phenoxy) is 1. The zero-order chi connectivity index (χ0) is 12.1. The van der Waals surface area contributed by atoms with Gasteiger partial charge in [-0.3, -0.25) is 0 Å². The van der Waals surface area contributed by atoms with Crippen molar-refractivity contribution < 1.29 is 13.5 Å². The molecule has 0 bridgehead atoms. The molecule has 0 amide bonds. The number of nitrogens with zero attached hydrogens (tertiary/aromatic N) is 2. The molecule has 0 aromatic carbocycles. The normalized spacial score (nSPS) is 10.2. The number of pyridine rings is 1. The highest BCUT2D eigenvalue weighted by Crippen LogP contribution is 2.29. The monoisotopic (exact) mass is 227 g/mol. The third-order valence-electron chi connectivity index (χ3n) is 2.07. The quantitative estimate of drug-likeness (QED) is 0.847. The van der Waals surface area contributed by atoms with Gasteiger partial charge in [0.2, 0.25) is 5.88 Å². The van der Waals surface area contributed by atoms with Gasteiger partial charge in [0.25, 0.3) is 6.43 Å². The van der Waals surface area contributed by atoms with Gasteiger partial charge in [0.1, 0.15) is 0 Å². The summed E-state index contributed by atoms with van der Waals surface area (Å²) in [5.74, 6) is 0.0607. The fourth-order valence-corrected chi connectivity index (χ4v) is 1.36. The topological polar surface area (TPSA) is 71.9 Å². The lowest BCUT2D eigenvalue weighted by atomic mass is 10.1. The van der Waals surface area contributed by atoms with Gasteiger partial charge in [0.05, 0.1) is 25.3 Å². The van der Waals surface area contributed by atoms with E-state index in [0.29, 0.717) is 0 Å². The Bertz CT molecular complexity index is 415. The van der Waals surface area contributed by atoms with Crippen LogP contribution in [0.1, 0.15) is 23.2 Å². The Kier molecular flexibility index (Phi) is 4.14. The molecule has 0 aliphatic heterocycles. The second-order valence-electron chi connectivity index (χ2n) is 3.03. The zero-order valence-corrected chi connectivity index (χ0v) is 8.70. The number of hydrogen-bond donors (Lipinski definition) is 1. The van der Waals surface area contributed by atoms with E-state index in [4.69, 9.17) is 15.7 Å². The lowest BCUT2D eigenvalue weighted by molar-refractivity contribution is 0.149. The summed E-state index contributed by atoms with van der Waals surface area (Å²) in [7, 11) is 1.33. The first-order chi connectivity index (χ1) is 7.63. The first-order valence-electron chi connectivity index (χ1n) is 4.55. The van der Waals surface area contributed by atoms with Crippen LogP contribution in [0.15, 0.2) is 6.07 Å². The minimum absolute atomic E-state index is 0.0407. The average Bonchev–Trinajstić information content (AvgIpc) is 2.28. The van der Waals surface area contributed by atoms with E-state index in [1.807, 2.05) is 6.07 Å². The van der Waals surface area contributed by atoms with Gasteiger partial charge < -0.3 is 10.5 Å². The molecule has 86 valence electrons. The summed E-state index contributed by atoms with van der Waals surface area (Å²) in [5.41, 5.74) is 5.58. The van der Waals surface area contributed by atoms with E-state index in [1.165, 1.54) is 13.2 Å². The Labute approximate surface area is 91.7 Å².